The summed E-state index contributed by atoms with van der Waals surface area (Å²) in [6, 6.07) is 27.5. The van der Waals surface area contributed by atoms with E-state index in [1.807, 2.05) is 85.8 Å². The van der Waals surface area contributed by atoms with Crippen LogP contribution in [0, 0.1) is 0 Å². The fourth-order valence-corrected chi connectivity index (χ4v) is 7.44. The number of sulfonamides is 1. The third-order valence-electron chi connectivity index (χ3n) is 7.52. The van der Waals surface area contributed by atoms with Gasteiger partial charge in [-0.15, -0.1) is 0 Å². The summed E-state index contributed by atoms with van der Waals surface area (Å²) >= 11 is 3.46. The summed E-state index contributed by atoms with van der Waals surface area (Å²) in [5.74, 6) is -0.395. The van der Waals surface area contributed by atoms with E-state index in [9.17, 15) is 18.0 Å². The Morgan fingerprint density at radius 1 is 0.905 bits per heavy atom. The minimum Gasteiger partial charge on any atom is -0.354 e. The van der Waals surface area contributed by atoms with E-state index in [1.54, 1.807) is 17.0 Å². The van der Waals surface area contributed by atoms with Crippen LogP contribution in [-0.2, 0) is 32.6 Å². The van der Waals surface area contributed by atoms with Crippen LogP contribution in [0.15, 0.2) is 100 Å². The minimum atomic E-state index is -3.71. The molecule has 1 heterocycles. The number of carbonyl (C=O) groups excluding carboxylic acids is 2. The van der Waals surface area contributed by atoms with E-state index < -0.39 is 16.1 Å². The quantitative estimate of drug-likeness (QED) is 0.203. The fraction of sp³-hybridized carbons (Fsp3) is 0.273. The van der Waals surface area contributed by atoms with Gasteiger partial charge in [0.1, 0.15) is 6.04 Å². The Labute approximate surface area is 255 Å². The molecular formula is C33H34BrN3O4S. The van der Waals surface area contributed by atoms with Crippen molar-refractivity contribution in [1.82, 2.24) is 10.2 Å². The van der Waals surface area contributed by atoms with Crippen LogP contribution in [0.2, 0.25) is 0 Å². The van der Waals surface area contributed by atoms with E-state index in [-0.39, 0.29) is 31.3 Å². The summed E-state index contributed by atoms with van der Waals surface area (Å²) in [5, 5.41) is 4.58. The highest BCUT2D eigenvalue weighted by molar-refractivity contribution is 9.10. The molecule has 1 aliphatic heterocycles. The molecule has 9 heteroatoms. The third kappa shape index (κ3) is 6.37. The summed E-state index contributed by atoms with van der Waals surface area (Å²) in [5.41, 5.74) is 2.50. The first-order chi connectivity index (χ1) is 20.3. The molecule has 1 N–H and O–H groups in total. The zero-order valence-corrected chi connectivity index (χ0v) is 25.9. The van der Waals surface area contributed by atoms with Gasteiger partial charge in [0.15, 0.2) is 0 Å². The van der Waals surface area contributed by atoms with E-state index in [4.69, 9.17) is 0 Å². The number of benzene rings is 4. The number of rotatable bonds is 12. The molecule has 0 saturated heterocycles. The van der Waals surface area contributed by atoms with Crippen LogP contribution in [0.5, 0.6) is 0 Å². The monoisotopic (exact) mass is 647 g/mol. The molecule has 1 unspecified atom stereocenters. The average Bonchev–Trinajstić information content (AvgIpc) is 3.22. The van der Waals surface area contributed by atoms with Crippen LogP contribution < -0.4 is 9.62 Å². The smallest absolute Gasteiger partial charge is 0.265 e. The van der Waals surface area contributed by atoms with E-state index in [1.165, 1.54) is 4.31 Å². The molecule has 0 aromatic heterocycles. The molecular weight excluding hydrogens is 614 g/mol. The number of hydrogen-bond acceptors (Lipinski definition) is 4. The molecule has 0 bridgehead atoms. The molecule has 7 nitrogen and oxygen atoms in total. The van der Waals surface area contributed by atoms with Crippen LogP contribution in [0.1, 0.15) is 37.3 Å². The summed E-state index contributed by atoms with van der Waals surface area (Å²) < 4.78 is 29.2. The predicted molar refractivity (Wildman–Crippen MR) is 170 cm³/mol. The van der Waals surface area contributed by atoms with Crippen molar-refractivity contribution in [3.8, 4) is 0 Å². The van der Waals surface area contributed by atoms with Crippen molar-refractivity contribution in [2.24, 2.45) is 0 Å². The number of halogens is 1. The molecule has 1 atom stereocenters. The van der Waals surface area contributed by atoms with Crippen molar-refractivity contribution >= 4 is 54.2 Å². The Kier molecular flexibility index (Phi) is 9.28. The first-order valence-electron chi connectivity index (χ1n) is 14.2. The number of hydrogen-bond donors (Lipinski definition) is 1. The Bertz CT molecular complexity index is 1670. The average molecular weight is 649 g/mol. The van der Waals surface area contributed by atoms with Crippen LogP contribution in [-0.4, -0.2) is 44.3 Å². The lowest BCUT2D eigenvalue weighted by molar-refractivity contribution is -0.141. The van der Waals surface area contributed by atoms with E-state index in [0.717, 1.165) is 32.8 Å². The molecule has 0 aliphatic carbocycles. The van der Waals surface area contributed by atoms with Gasteiger partial charge >= 0.3 is 0 Å². The second-order valence-corrected chi connectivity index (χ2v) is 13.2. The Morgan fingerprint density at radius 3 is 2.33 bits per heavy atom. The van der Waals surface area contributed by atoms with Gasteiger partial charge in [0, 0.05) is 42.3 Å². The molecule has 2 amide bonds. The maximum absolute atomic E-state index is 13.9. The van der Waals surface area contributed by atoms with Gasteiger partial charge < -0.3 is 10.2 Å². The Hall–Kier alpha value is -3.69. The molecule has 4 aromatic rings. The number of nitrogens with one attached hydrogen (secondary N) is 1. The second kappa shape index (κ2) is 13.1. The van der Waals surface area contributed by atoms with Gasteiger partial charge in [-0.2, -0.15) is 0 Å². The van der Waals surface area contributed by atoms with Crippen LogP contribution >= 0.6 is 15.9 Å². The second-order valence-electron chi connectivity index (χ2n) is 10.5. The topological polar surface area (TPSA) is 86.8 Å². The lowest BCUT2D eigenvalue weighted by atomic mass is 10.0. The van der Waals surface area contributed by atoms with Crippen LogP contribution in [0.25, 0.3) is 10.8 Å². The van der Waals surface area contributed by atoms with Gasteiger partial charge in [-0.25, -0.2) is 8.42 Å². The predicted octanol–water partition coefficient (Wildman–Crippen LogP) is 6.06. The zero-order chi connectivity index (χ0) is 29.7. The summed E-state index contributed by atoms with van der Waals surface area (Å²) in [7, 11) is -3.71. The maximum Gasteiger partial charge on any atom is 0.265 e. The van der Waals surface area contributed by atoms with E-state index in [0.29, 0.717) is 30.0 Å². The van der Waals surface area contributed by atoms with Gasteiger partial charge in [0.2, 0.25) is 11.8 Å². The molecule has 0 radical (unpaired) electrons. The highest BCUT2D eigenvalue weighted by Gasteiger charge is 2.36. The lowest BCUT2D eigenvalue weighted by Crippen LogP contribution is -2.50. The molecule has 42 heavy (non-hydrogen) atoms. The summed E-state index contributed by atoms with van der Waals surface area (Å²) in [6.45, 7) is 2.93. The first kappa shape index (κ1) is 29.8. The molecule has 1 aliphatic rings. The van der Waals surface area contributed by atoms with Gasteiger partial charge in [-0.1, -0.05) is 89.6 Å². The number of anilines is 1. The fourth-order valence-electron chi connectivity index (χ4n) is 5.42. The lowest BCUT2D eigenvalue weighted by Gasteiger charge is -2.32. The molecule has 5 rings (SSSR count). The molecule has 0 spiro atoms. The van der Waals surface area contributed by atoms with E-state index in [2.05, 4.69) is 21.2 Å². The number of carbonyl (C=O) groups is 2. The molecule has 0 fully saturated rings. The number of amides is 2. The van der Waals surface area contributed by atoms with Crippen LogP contribution in [0.3, 0.4) is 0 Å². The van der Waals surface area contributed by atoms with Crippen molar-refractivity contribution in [2.45, 2.75) is 50.1 Å². The summed E-state index contributed by atoms with van der Waals surface area (Å²) in [6.07, 6.45) is 1.56. The van der Waals surface area contributed by atoms with E-state index >= 15 is 0 Å². The molecule has 0 saturated carbocycles. The highest BCUT2D eigenvalue weighted by atomic mass is 79.9. The number of nitrogens with zero attached hydrogens (tertiary/aromatic N) is 2. The van der Waals surface area contributed by atoms with Gasteiger partial charge in [-0.05, 0) is 53.6 Å². The standard InChI is InChI=1S/C33H34BrN3O4S/c1-2-20-35-33(39)29(22-24-9-4-3-5-10-24)36(23-25-16-18-27(34)19-17-25)31(38)15-8-21-37-28-13-6-11-26-12-7-14-30(32(26)28)42(37,40)41/h3-7,9-14,16-19,29H,2,8,15,20-23H2,1H3,(H,35,39). The third-order valence-corrected chi connectivity index (χ3v) is 9.90. The Balaban J connectivity index is 1.38. The minimum absolute atomic E-state index is 0.0984. The van der Waals surface area contributed by atoms with Crippen LogP contribution in [0.4, 0.5) is 5.69 Å². The van der Waals surface area contributed by atoms with Gasteiger partial charge in [0.05, 0.1) is 10.6 Å². The van der Waals surface area contributed by atoms with Crippen molar-refractivity contribution in [3.05, 3.63) is 107 Å². The van der Waals surface area contributed by atoms with Crippen molar-refractivity contribution in [3.63, 3.8) is 0 Å². The zero-order valence-electron chi connectivity index (χ0n) is 23.5. The summed E-state index contributed by atoms with van der Waals surface area (Å²) in [4.78, 5) is 29.4. The largest absolute Gasteiger partial charge is 0.354 e. The first-order valence-corrected chi connectivity index (χ1v) is 16.4. The Morgan fingerprint density at radius 2 is 1.62 bits per heavy atom. The van der Waals surface area contributed by atoms with Crippen molar-refractivity contribution in [2.75, 3.05) is 17.4 Å². The van der Waals surface area contributed by atoms with Gasteiger partial charge in [0.25, 0.3) is 10.0 Å². The molecule has 4 aromatic carbocycles. The van der Waals surface area contributed by atoms with Crippen molar-refractivity contribution < 1.29 is 18.0 Å². The maximum atomic E-state index is 13.9. The highest BCUT2D eigenvalue weighted by Crippen LogP contribution is 2.42. The van der Waals surface area contributed by atoms with Crippen molar-refractivity contribution in [1.29, 1.82) is 0 Å². The SMILES string of the molecule is CCCNC(=O)C(Cc1ccccc1)N(Cc1ccc(Br)cc1)C(=O)CCCN1c2cccc3cccc(c23)S1(=O)=O. The normalized spacial score (nSPS) is 14.1. The molecule has 218 valence electrons. The van der Waals surface area contributed by atoms with Gasteiger partial charge in [-0.3, -0.25) is 13.9 Å².